The number of ether oxygens (including phenoxy) is 2. The average Bonchev–Trinajstić information content (AvgIpc) is 2.78. The lowest BCUT2D eigenvalue weighted by molar-refractivity contribution is -0.159. The minimum absolute atomic E-state index is 0.771. The van der Waals surface area contributed by atoms with Gasteiger partial charge < -0.3 is 29.5 Å². The molecule has 0 atom stereocenters. The van der Waals surface area contributed by atoms with Gasteiger partial charge in [0.25, 0.3) is 0 Å². The summed E-state index contributed by atoms with van der Waals surface area (Å²) in [4.78, 5) is 22.6. The lowest BCUT2D eigenvalue weighted by Crippen LogP contribution is -2.21. The molecule has 0 fully saturated rings. The van der Waals surface area contributed by atoms with E-state index >= 15 is 0 Å². The summed E-state index contributed by atoms with van der Waals surface area (Å²) in [7, 11) is 9.58. The number of nitrogens with zero attached hydrogens (tertiary/aromatic N) is 2. The number of likely N-dealkylation sites (N-methyl/N-ethyl adjacent to an activating group) is 1. The Balaban J connectivity index is 0.000000751. The third-order valence-electron chi connectivity index (χ3n) is 4.55. The van der Waals surface area contributed by atoms with Gasteiger partial charge in [-0.1, -0.05) is 30.4 Å². The van der Waals surface area contributed by atoms with E-state index in [1.165, 1.54) is 16.8 Å². The molecule has 0 spiro atoms. The Morgan fingerprint density at radius 3 is 2.00 bits per heavy atom. The summed E-state index contributed by atoms with van der Waals surface area (Å²) in [5, 5.41) is 14.8. The molecule has 0 aromatic heterocycles. The average molecular weight is 445 g/mol. The van der Waals surface area contributed by atoms with Crippen molar-refractivity contribution in [1.29, 1.82) is 0 Å². The molecule has 0 amide bonds. The van der Waals surface area contributed by atoms with Crippen LogP contribution < -0.4 is 14.4 Å². The number of anilines is 1. The molecule has 2 aromatic carbocycles. The second kappa shape index (κ2) is 13.7. The second-order valence-corrected chi connectivity index (χ2v) is 7.20. The minimum Gasteiger partial charge on any atom is -0.493 e. The van der Waals surface area contributed by atoms with Crippen LogP contribution in [0.1, 0.15) is 11.1 Å². The standard InChI is InChI=1S/C22H30N2O2.C2H2O4/c1-23(2)20-11-8-18(9-12-20)7-6-15-24(3)16-14-19-10-13-21(25-4)22(17-19)26-5;3-1(4)2(5)6/h6-13,17H,14-16H2,1-5H3;(H,3,4)(H,5,6)/b7-6+;. The third kappa shape index (κ3) is 9.53. The Hall–Kier alpha value is -3.52. The minimum atomic E-state index is -1.82. The number of rotatable bonds is 9. The summed E-state index contributed by atoms with van der Waals surface area (Å²) < 4.78 is 10.7. The maximum absolute atomic E-state index is 9.10. The Bertz CT molecular complexity index is 882. The van der Waals surface area contributed by atoms with E-state index in [9.17, 15) is 0 Å². The predicted octanol–water partition coefficient (Wildman–Crippen LogP) is 3.11. The number of carbonyl (C=O) groups is 2. The molecule has 0 aliphatic rings. The van der Waals surface area contributed by atoms with Crippen molar-refractivity contribution in [2.45, 2.75) is 6.42 Å². The topological polar surface area (TPSA) is 99.5 Å². The van der Waals surface area contributed by atoms with Gasteiger partial charge in [-0.05, 0) is 48.9 Å². The van der Waals surface area contributed by atoms with Crippen LogP contribution in [-0.2, 0) is 16.0 Å². The molecule has 174 valence electrons. The van der Waals surface area contributed by atoms with Crippen molar-refractivity contribution < 1.29 is 29.3 Å². The lowest BCUT2D eigenvalue weighted by Gasteiger charge is -2.15. The summed E-state index contributed by atoms with van der Waals surface area (Å²) in [5.74, 6) is -2.09. The van der Waals surface area contributed by atoms with E-state index in [4.69, 9.17) is 29.3 Å². The summed E-state index contributed by atoms with van der Waals surface area (Å²) in [5.41, 5.74) is 3.69. The molecule has 0 unspecified atom stereocenters. The molecule has 32 heavy (non-hydrogen) atoms. The van der Waals surface area contributed by atoms with Crippen molar-refractivity contribution in [2.24, 2.45) is 0 Å². The largest absolute Gasteiger partial charge is 0.493 e. The van der Waals surface area contributed by atoms with Crippen molar-refractivity contribution >= 4 is 23.7 Å². The van der Waals surface area contributed by atoms with Crippen molar-refractivity contribution in [3.8, 4) is 11.5 Å². The van der Waals surface area contributed by atoms with Crippen LogP contribution >= 0.6 is 0 Å². The summed E-state index contributed by atoms with van der Waals surface area (Å²) in [6.07, 6.45) is 5.36. The number of benzene rings is 2. The van der Waals surface area contributed by atoms with E-state index in [0.717, 1.165) is 31.0 Å². The van der Waals surface area contributed by atoms with Crippen molar-refractivity contribution in [2.75, 3.05) is 53.4 Å². The van der Waals surface area contributed by atoms with Crippen molar-refractivity contribution in [3.05, 3.63) is 59.7 Å². The number of carboxylic acid groups (broad SMARTS) is 2. The highest BCUT2D eigenvalue weighted by atomic mass is 16.5. The van der Waals surface area contributed by atoms with Crippen LogP contribution in [0.25, 0.3) is 6.08 Å². The number of methoxy groups -OCH3 is 2. The normalized spacial score (nSPS) is 10.4. The van der Waals surface area contributed by atoms with E-state index in [0.29, 0.717) is 0 Å². The predicted molar refractivity (Wildman–Crippen MR) is 126 cm³/mol. The maximum atomic E-state index is 9.10. The molecule has 0 aliphatic carbocycles. The number of hydrogen-bond donors (Lipinski definition) is 2. The Morgan fingerprint density at radius 1 is 0.906 bits per heavy atom. The van der Waals surface area contributed by atoms with Crippen LogP contribution in [0.4, 0.5) is 5.69 Å². The van der Waals surface area contributed by atoms with Crippen LogP contribution in [0.3, 0.4) is 0 Å². The van der Waals surface area contributed by atoms with Gasteiger partial charge in [-0.25, -0.2) is 9.59 Å². The fourth-order valence-corrected chi connectivity index (χ4v) is 2.70. The second-order valence-electron chi connectivity index (χ2n) is 7.20. The highest BCUT2D eigenvalue weighted by Gasteiger charge is 2.05. The van der Waals surface area contributed by atoms with Crippen molar-refractivity contribution in [1.82, 2.24) is 4.90 Å². The zero-order valence-corrected chi connectivity index (χ0v) is 19.2. The van der Waals surface area contributed by atoms with Crippen LogP contribution in [-0.4, -0.2) is 75.5 Å². The zero-order chi connectivity index (χ0) is 24.1. The molecule has 0 radical (unpaired) electrons. The number of aliphatic carboxylic acids is 2. The van der Waals surface area contributed by atoms with Gasteiger partial charge in [0, 0.05) is 32.9 Å². The molecular weight excluding hydrogens is 412 g/mol. The number of carboxylic acids is 2. The quantitative estimate of drug-likeness (QED) is 0.569. The van der Waals surface area contributed by atoms with Crippen molar-refractivity contribution in [3.63, 3.8) is 0 Å². The van der Waals surface area contributed by atoms with E-state index in [1.807, 2.05) is 6.07 Å². The summed E-state index contributed by atoms with van der Waals surface area (Å²) >= 11 is 0. The van der Waals surface area contributed by atoms with Gasteiger partial charge in [-0.15, -0.1) is 0 Å². The monoisotopic (exact) mass is 444 g/mol. The molecule has 8 heteroatoms. The first-order valence-electron chi connectivity index (χ1n) is 9.97. The molecule has 2 N–H and O–H groups in total. The van der Waals surface area contributed by atoms with Crippen LogP contribution in [0.15, 0.2) is 48.5 Å². The van der Waals surface area contributed by atoms with Gasteiger partial charge in [0.05, 0.1) is 14.2 Å². The first-order valence-corrected chi connectivity index (χ1v) is 9.97. The van der Waals surface area contributed by atoms with E-state index in [1.54, 1.807) is 14.2 Å². The molecule has 0 bridgehead atoms. The van der Waals surface area contributed by atoms with E-state index in [2.05, 4.69) is 79.5 Å². The molecule has 8 nitrogen and oxygen atoms in total. The maximum Gasteiger partial charge on any atom is 0.414 e. The molecular formula is C24H32N2O6. The zero-order valence-electron chi connectivity index (χ0n) is 19.2. The molecule has 2 rings (SSSR count). The molecule has 0 saturated heterocycles. The van der Waals surface area contributed by atoms with Crippen LogP contribution in [0.5, 0.6) is 11.5 Å². The van der Waals surface area contributed by atoms with Gasteiger partial charge in [0.15, 0.2) is 11.5 Å². The number of hydrogen-bond acceptors (Lipinski definition) is 6. The van der Waals surface area contributed by atoms with Gasteiger partial charge in [0.1, 0.15) is 0 Å². The molecule has 0 saturated carbocycles. The van der Waals surface area contributed by atoms with Crippen LogP contribution in [0, 0.1) is 0 Å². The highest BCUT2D eigenvalue weighted by Crippen LogP contribution is 2.27. The van der Waals surface area contributed by atoms with Gasteiger partial charge in [-0.2, -0.15) is 0 Å². The first kappa shape index (κ1) is 26.5. The summed E-state index contributed by atoms with van der Waals surface area (Å²) in [6, 6.07) is 14.7. The summed E-state index contributed by atoms with van der Waals surface area (Å²) in [6.45, 7) is 1.90. The first-order chi connectivity index (χ1) is 15.2. The fraction of sp³-hybridized carbons (Fsp3) is 0.333. The SMILES string of the molecule is COc1ccc(CCN(C)C/C=C/c2ccc(N(C)C)cc2)cc1OC.O=C(O)C(=O)O. The molecule has 2 aromatic rings. The van der Waals surface area contributed by atoms with E-state index in [-0.39, 0.29) is 0 Å². The highest BCUT2D eigenvalue weighted by molar-refractivity contribution is 6.27. The Morgan fingerprint density at radius 2 is 1.50 bits per heavy atom. The smallest absolute Gasteiger partial charge is 0.414 e. The van der Waals surface area contributed by atoms with Gasteiger partial charge >= 0.3 is 11.9 Å². The van der Waals surface area contributed by atoms with Gasteiger partial charge in [0.2, 0.25) is 0 Å². The molecule has 0 heterocycles. The Kier molecular flexibility index (Phi) is 11.4. The fourth-order valence-electron chi connectivity index (χ4n) is 2.70. The lowest BCUT2D eigenvalue weighted by atomic mass is 10.1. The Labute approximate surface area is 189 Å². The third-order valence-corrected chi connectivity index (χ3v) is 4.55. The van der Waals surface area contributed by atoms with Gasteiger partial charge in [-0.3, -0.25) is 0 Å². The van der Waals surface area contributed by atoms with Crippen LogP contribution in [0.2, 0.25) is 0 Å². The molecule has 0 aliphatic heterocycles. The van der Waals surface area contributed by atoms with E-state index < -0.39 is 11.9 Å².